The Hall–Kier alpha value is -0.640. The van der Waals surface area contributed by atoms with Crippen molar-refractivity contribution < 1.29 is 8.42 Å². The number of rotatable bonds is 2. The molecule has 2 aromatic rings. The fourth-order valence-corrected chi connectivity index (χ4v) is 3.85. The normalized spacial score (nSPS) is 16.0. The van der Waals surface area contributed by atoms with Crippen molar-refractivity contribution in [2.75, 3.05) is 12.8 Å². The maximum Gasteiger partial charge on any atom is 0.211 e. The lowest BCUT2D eigenvalue weighted by Gasteiger charge is -2.24. The van der Waals surface area contributed by atoms with Gasteiger partial charge in [0.1, 0.15) is 0 Å². The number of H-pyrrole nitrogens is 1. The Morgan fingerprint density at radius 1 is 1.43 bits per heavy atom. The number of halogens is 2. The van der Waals surface area contributed by atoms with Crippen LogP contribution in [0.5, 0.6) is 0 Å². The molecule has 0 fully saturated rings. The molecule has 0 spiro atoms. The zero-order valence-electron chi connectivity index (χ0n) is 11.2. The molecule has 2 heterocycles. The van der Waals surface area contributed by atoms with E-state index in [1.807, 2.05) is 18.2 Å². The smallest absolute Gasteiger partial charge is 0.211 e. The number of fused-ring (bicyclic) bond motifs is 1. The number of nitrogens with zero attached hydrogens (tertiary/aromatic N) is 2. The third-order valence-electron chi connectivity index (χ3n) is 3.56. The summed E-state index contributed by atoms with van der Waals surface area (Å²) in [5.41, 5.74) is 3.70. The monoisotopic (exact) mass is 437 g/mol. The Morgan fingerprint density at radius 2 is 2.19 bits per heavy atom. The molecule has 0 atom stereocenters. The number of hydrogen-bond donors (Lipinski definition) is 1. The van der Waals surface area contributed by atoms with E-state index >= 15 is 0 Å². The first kappa shape index (κ1) is 15.3. The van der Waals surface area contributed by atoms with Crippen LogP contribution in [0.1, 0.15) is 11.3 Å². The molecule has 3 rings (SSSR count). The topological polar surface area (TPSA) is 66.1 Å². The average molecular weight is 438 g/mol. The van der Waals surface area contributed by atoms with Gasteiger partial charge in [-0.15, -0.1) is 0 Å². The van der Waals surface area contributed by atoms with Crippen molar-refractivity contribution in [1.82, 2.24) is 14.5 Å². The second kappa shape index (κ2) is 5.53. The van der Waals surface area contributed by atoms with Gasteiger partial charge < -0.3 is 0 Å². The highest BCUT2D eigenvalue weighted by molar-refractivity contribution is 14.1. The highest BCUT2D eigenvalue weighted by Gasteiger charge is 2.27. The van der Waals surface area contributed by atoms with Gasteiger partial charge in [-0.3, -0.25) is 5.10 Å². The van der Waals surface area contributed by atoms with E-state index in [2.05, 4.69) is 32.8 Å². The molecule has 0 radical (unpaired) electrons. The van der Waals surface area contributed by atoms with Crippen molar-refractivity contribution in [2.24, 2.45) is 0 Å². The Balaban J connectivity index is 2.03. The summed E-state index contributed by atoms with van der Waals surface area (Å²) in [7, 11) is -3.19. The van der Waals surface area contributed by atoms with Gasteiger partial charge in [-0.25, -0.2) is 8.42 Å². The lowest BCUT2D eigenvalue weighted by molar-refractivity contribution is 0.394. The van der Waals surface area contributed by atoms with E-state index in [-0.39, 0.29) is 0 Å². The fourth-order valence-electron chi connectivity index (χ4n) is 2.44. The van der Waals surface area contributed by atoms with Gasteiger partial charge in [-0.2, -0.15) is 9.40 Å². The molecular formula is C13H13ClIN3O2S. The van der Waals surface area contributed by atoms with Crippen molar-refractivity contribution in [3.05, 3.63) is 38.0 Å². The maximum absolute atomic E-state index is 11.7. The standard InChI is InChI=1S/C13H13ClIN3O2S/c1-21(19,20)18-5-4-12-9(7-18)13(17-16-12)8-2-3-10(14)11(15)6-8/h2-3,6H,4-5,7H2,1H3,(H,16,17). The van der Waals surface area contributed by atoms with Gasteiger partial charge in [0.2, 0.25) is 10.0 Å². The summed E-state index contributed by atoms with van der Waals surface area (Å²) < 4.78 is 25.9. The Bertz CT molecular complexity index is 804. The number of aromatic nitrogens is 2. The number of hydrogen-bond acceptors (Lipinski definition) is 3. The first-order chi connectivity index (χ1) is 9.86. The van der Waals surface area contributed by atoms with Crippen molar-refractivity contribution in [1.29, 1.82) is 0 Å². The van der Waals surface area contributed by atoms with E-state index in [1.54, 1.807) is 0 Å². The molecule has 0 saturated carbocycles. The molecule has 1 aliphatic heterocycles. The largest absolute Gasteiger partial charge is 0.282 e. The summed E-state index contributed by atoms with van der Waals surface area (Å²) in [6, 6.07) is 5.69. The predicted molar refractivity (Wildman–Crippen MR) is 90.7 cm³/mol. The number of aromatic amines is 1. The van der Waals surface area contributed by atoms with Gasteiger partial charge in [-0.05, 0) is 34.7 Å². The van der Waals surface area contributed by atoms with E-state index in [4.69, 9.17) is 11.6 Å². The number of benzene rings is 1. The molecule has 0 unspecified atom stereocenters. The van der Waals surface area contributed by atoms with Gasteiger partial charge in [0.05, 0.1) is 17.0 Å². The van der Waals surface area contributed by atoms with Crippen LogP contribution in [0.25, 0.3) is 11.3 Å². The molecule has 1 aliphatic rings. The minimum atomic E-state index is -3.19. The highest BCUT2D eigenvalue weighted by atomic mass is 127. The third-order valence-corrected chi connectivity index (χ3v) is 6.35. The van der Waals surface area contributed by atoms with Crippen molar-refractivity contribution >= 4 is 44.2 Å². The highest BCUT2D eigenvalue weighted by Crippen LogP contribution is 2.31. The van der Waals surface area contributed by atoms with Gasteiger partial charge >= 0.3 is 0 Å². The maximum atomic E-state index is 11.7. The number of sulfonamides is 1. The Labute approximate surface area is 141 Å². The van der Waals surface area contributed by atoms with Gasteiger partial charge in [-0.1, -0.05) is 17.7 Å². The van der Waals surface area contributed by atoms with E-state index in [0.29, 0.717) is 24.5 Å². The van der Waals surface area contributed by atoms with Gasteiger partial charge in [0.15, 0.2) is 0 Å². The SMILES string of the molecule is CS(=O)(=O)N1CCc2[nH]nc(-c3ccc(Cl)c(I)c3)c2C1. The van der Waals surface area contributed by atoms with Crippen molar-refractivity contribution in [3.8, 4) is 11.3 Å². The van der Waals surface area contributed by atoms with Crippen LogP contribution >= 0.6 is 34.2 Å². The minimum absolute atomic E-state index is 0.360. The summed E-state index contributed by atoms with van der Waals surface area (Å²) in [6.07, 6.45) is 1.89. The van der Waals surface area contributed by atoms with Gasteiger partial charge in [0, 0.05) is 39.9 Å². The second-order valence-electron chi connectivity index (χ2n) is 5.00. The minimum Gasteiger partial charge on any atom is -0.282 e. The molecule has 0 aliphatic carbocycles. The summed E-state index contributed by atoms with van der Waals surface area (Å²) in [5.74, 6) is 0. The predicted octanol–water partition coefficient (Wildman–Crippen LogP) is 2.65. The van der Waals surface area contributed by atoms with E-state index in [0.717, 1.165) is 26.1 Å². The van der Waals surface area contributed by atoms with Crippen LogP contribution in [0.15, 0.2) is 18.2 Å². The molecular weight excluding hydrogens is 425 g/mol. The van der Waals surface area contributed by atoms with Gasteiger partial charge in [0.25, 0.3) is 0 Å². The van der Waals surface area contributed by atoms with Crippen LogP contribution in [0.2, 0.25) is 5.02 Å². The first-order valence-electron chi connectivity index (χ1n) is 6.33. The quantitative estimate of drug-likeness (QED) is 0.735. The molecule has 1 aromatic heterocycles. The van der Waals surface area contributed by atoms with E-state index in [1.165, 1.54) is 10.6 Å². The van der Waals surface area contributed by atoms with E-state index < -0.39 is 10.0 Å². The van der Waals surface area contributed by atoms with Crippen LogP contribution in [-0.2, 0) is 23.0 Å². The first-order valence-corrected chi connectivity index (χ1v) is 9.63. The summed E-state index contributed by atoms with van der Waals surface area (Å²) in [6.45, 7) is 0.852. The lowest BCUT2D eigenvalue weighted by atomic mass is 10.0. The molecule has 1 N–H and O–H groups in total. The molecule has 1 aromatic carbocycles. The molecule has 112 valence electrons. The van der Waals surface area contributed by atoms with Crippen LogP contribution in [0, 0.1) is 3.57 Å². The molecule has 21 heavy (non-hydrogen) atoms. The molecule has 0 saturated heterocycles. The summed E-state index contributed by atoms with van der Waals surface area (Å²) in [5, 5.41) is 8.08. The van der Waals surface area contributed by atoms with Crippen LogP contribution in [-0.4, -0.2) is 35.7 Å². The zero-order chi connectivity index (χ0) is 15.2. The molecule has 0 bridgehead atoms. The molecule has 5 nitrogen and oxygen atoms in total. The Kier molecular flexibility index (Phi) is 4.02. The lowest BCUT2D eigenvalue weighted by Crippen LogP contribution is -2.35. The summed E-state index contributed by atoms with van der Waals surface area (Å²) in [4.78, 5) is 0. The van der Waals surface area contributed by atoms with Crippen LogP contribution in [0.3, 0.4) is 0 Å². The average Bonchev–Trinajstić information content (AvgIpc) is 2.84. The molecule has 8 heteroatoms. The van der Waals surface area contributed by atoms with Crippen molar-refractivity contribution in [2.45, 2.75) is 13.0 Å². The second-order valence-corrected chi connectivity index (χ2v) is 8.56. The van der Waals surface area contributed by atoms with Crippen LogP contribution < -0.4 is 0 Å². The van der Waals surface area contributed by atoms with Crippen molar-refractivity contribution in [3.63, 3.8) is 0 Å². The zero-order valence-corrected chi connectivity index (χ0v) is 15.0. The summed E-state index contributed by atoms with van der Waals surface area (Å²) >= 11 is 8.22. The fraction of sp³-hybridized carbons (Fsp3) is 0.308. The van der Waals surface area contributed by atoms with Crippen LogP contribution in [0.4, 0.5) is 0 Å². The molecule has 0 amide bonds. The Morgan fingerprint density at radius 3 is 2.86 bits per heavy atom. The number of nitrogens with one attached hydrogen (secondary N) is 1. The van der Waals surface area contributed by atoms with E-state index in [9.17, 15) is 8.42 Å². The third kappa shape index (κ3) is 2.96.